The van der Waals surface area contributed by atoms with Crippen LogP contribution in [0.4, 0.5) is 8.78 Å². The molecule has 0 aliphatic carbocycles. The second-order valence-corrected chi connectivity index (χ2v) is 6.69. The van der Waals surface area contributed by atoms with Crippen LogP contribution in [-0.2, 0) is 11.3 Å². The molecule has 2 rings (SSSR count). The summed E-state index contributed by atoms with van der Waals surface area (Å²) in [6.45, 7) is 2.96. The van der Waals surface area contributed by atoms with Gasteiger partial charge in [0.05, 0.1) is 13.2 Å². The van der Waals surface area contributed by atoms with E-state index in [4.69, 9.17) is 14.2 Å². The molecular formula is C20H32F2N4O3. The van der Waals surface area contributed by atoms with Crippen molar-refractivity contribution in [3.8, 4) is 11.5 Å². The van der Waals surface area contributed by atoms with Crippen LogP contribution in [0.1, 0.15) is 25.3 Å². The summed E-state index contributed by atoms with van der Waals surface area (Å²) >= 11 is 0. The molecule has 1 aromatic carbocycles. The summed E-state index contributed by atoms with van der Waals surface area (Å²) in [5.74, 6) is 0.956. The Balaban J connectivity index is 1.94. The Morgan fingerprint density at radius 2 is 2.17 bits per heavy atom. The Bertz CT molecular complexity index is 646. The molecule has 1 aliphatic rings. The number of methoxy groups -OCH3 is 1. The lowest BCUT2D eigenvalue weighted by molar-refractivity contribution is -0.0520. The second-order valence-electron chi connectivity index (χ2n) is 6.69. The lowest BCUT2D eigenvalue weighted by atomic mass is 10.2. The van der Waals surface area contributed by atoms with Gasteiger partial charge in [-0.05, 0) is 32.4 Å². The summed E-state index contributed by atoms with van der Waals surface area (Å²) in [4.78, 5) is 6.64. The highest BCUT2D eigenvalue weighted by Gasteiger charge is 2.24. The van der Waals surface area contributed by atoms with Gasteiger partial charge in [-0.25, -0.2) is 0 Å². The number of benzene rings is 1. The molecule has 0 aromatic heterocycles. The molecular weight excluding hydrogens is 382 g/mol. The fraction of sp³-hybridized carbons (Fsp3) is 0.650. The first-order valence-electron chi connectivity index (χ1n) is 9.96. The number of hydrogen-bond acceptors (Lipinski definition) is 5. The van der Waals surface area contributed by atoms with E-state index in [1.165, 1.54) is 6.42 Å². The number of nitrogens with zero attached hydrogens (tertiary/aromatic N) is 2. The smallest absolute Gasteiger partial charge is 0.387 e. The van der Waals surface area contributed by atoms with Gasteiger partial charge < -0.3 is 24.8 Å². The van der Waals surface area contributed by atoms with E-state index in [1.54, 1.807) is 39.3 Å². The van der Waals surface area contributed by atoms with Crippen molar-refractivity contribution in [1.82, 2.24) is 15.5 Å². The van der Waals surface area contributed by atoms with Crippen LogP contribution in [0.2, 0.25) is 0 Å². The number of alkyl halides is 2. The Kier molecular flexibility index (Phi) is 9.93. The van der Waals surface area contributed by atoms with Gasteiger partial charge in [-0.3, -0.25) is 9.89 Å². The highest BCUT2D eigenvalue weighted by atomic mass is 19.3. The predicted octanol–water partition coefficient (Wildman–Crippen LogP) is 2.46. The molecule has 164 valence electrons. The minimum Gasteiger partial charge on any atom is -0.490 e. The van der Waals surface area contributed by atoms with E-state index in [9.17, 15) is 8.78 Å². The maximum absolute atomic E-state index is 12.9. The molecule has 0 radical (unpaired) electrons. The van der Waals surface area contributed by atoms with Gasteiger partial charge in [-0.15, -0.1) is 0 Å². The van der Waals surface area contributed by atoms with Crippen molar-refractivity contribution in [2.75, 3.05) is 47.0 Å². The molecule has 0 bridgehead atoms. The number of likely N-dealkylation sites (tertiary alicyclic amines) is 1. The highest BCUT2D eigenvalue weighted by molar-refractivity contribution is 5.79. The van der Waals surface area contributed by atoms with Crippen LogP contribution in [0.15, 0.2) is 23.2 Å². The van der Waals surface area contributed by atoms with Gasteiger partial charge in [0.1, 0.15) is 0 Å². The van der Waals surface area contributed by atoms with Crippen LogP contribution in [0, 0.1) is 0 Å². The molecule has 2 N–H and O–H groups in total. The van der Waals surface area contributed by atoms with Gasteiger partial charge in [0.2, 0.25) is 0 Å². The van der Waals surface area contributed by atoms with Crippen molar-refractivity contribution >= 4 is 5.96 Å². The lowest BCUT2D eigenvalue weighted by Crippen LogP contribution is -2.45. The molecule has 1 aromatic rings. The minimum atomic E-state index is -2.92. The first kappa shape index (κ1) is 23.2. The quantitative estimate of drug-likeness (QED) is 0.428. The number of nitrogens with one attached hydrogen (secondary N) is 2. The van der Waals surface area contributed by atoms with E-state index in [0.29, 0.717) is 36.5 Å². The maximum Gasteiger partial charge on any atom is 0.387 e. The van der Waals surface area contributed by atoms with Gasteiger partial charge in [-0.1, -0.05) is 12.1 Å². The molecule has 1 aliphatic heterocycles. The summed E-state index contributed by atoms with van der Waals surface area (Å²) in [6.07, 6.45) is 2.29. The Morgan fingerprint density at radius 3 is 2.86 bits per heavy atom. The van der Waals surface area contributed by atoms with Crippen LogP contribution in [-0.4, -0.2) is 70.5 Å². The molecule has 0 amide bonds. The van der Waals surface area contributed by atoms with Gasteiger partial charge in [0, 0.05) is 45.4 Å². The van der Waals surface area contributed by atoms with Crippen molar-refractivity contribution in [2.24, 2.45) is 4.99 Å². The molecule has 1 saturated heterocycles. The zero-order chi connectivity index (χ0) is 21.1. The van der Waals surface area contributed by atoms with E-state index < -0.39 is 6.61 Å². The van der Waals surface area contributed by atoms with Crippen molar-refractivity contribution in [1.29, 1.82) is 0 Å². The van der Waals surface area contributed by atoms with Crippen molar-refractivity contribution in [2.45, 2.75) is 39.0 Å². The van der Waals surface area contributed by atoms with Crippen LogP contribution in [0.25, 0.3) is 0 Å². The molecule has 1 fully saturated rings. The van der Waals surface area contributed by atoms with Gasteiger partial charge in [-0.2, -0.15) is 8.78 Å². The summed E-state index contributed by atoms with van der Waals surface area (Å²) in [6, 6.07) is 5.52. The van der Waals surface area contributed by atoms with Crippen LogP contribution >= 0.6 is 0 Å². The molecule has 7 nitrogen and oxygen atoms in total. The fourth-order valence-corrected chi connectivity index (χ4v) is 3.44. The third-order valence-electron chi connectivity index (χ3n) is 4.82. The lowest BCUT2D eigenvalue weighted by Gasteiger charge is -2.25. The third-order valence-corrected chi connectivity index (χ3v) is 4.82. The highest BCUT2D eigenvalue weighted by Crippen LogP contribution is 2.32. The normalized spacial score (nSPS) is 17.6. The number of halogens is 2. The number of aliphatic imine (C=N–C) groups is 1. The number of ether oxygens (including phenoxy) is 3. The van der Waals surface area contributed by atoms with E-state index >= 15 is 0 Å². The number of guanidine groups is 1. The first-order chi connectivity index (χ1) is 14.1. The predicted molar refractivity (Wildman–Crippen MR) is 109 cm³/mol. The van der Waals surface area contributed by atoms with Crippen LogP contribution in [0.3, 0.4) is 0 Å². The van der Waals surface area contributed by atoms with E-state index in [1.807, 2.05) is 0 Å². The largest absolute Gasteiger partial charge is 0.490 e. The number of rotatable bonds is 11. The number of para-hydroxylation sites is 1. The van der Waals surface area contributed by atoms with Gasteiger partial charge in [0.25, 0.3) is 0 Å². The van der Waals surface area contributed by atoms with Crippen molar-refractivity contribution < 1.29 is 23.0 Å². The number of hydrogen-bond donors (Lipinski definition) is 2. The van der Waals surface area contributed by atoms with Crippen LogP contribution < -0.4 is 20.1 Å². The molecule has 1 atom stereocenters. The SMILES string of the molecule is CCOc1cccc(CNC(=NC)NCC2CCCN2CCOC)c1OC(F)F. The minimum absolute atomic E-state index is 0.0498. The first-order valence-corrected chi connectivity index (χ1v) is 9.96. The summed E-state index contributed by atoms with van der Waals surface area (Å²) in [7, 11) is 3.39. The Hall–Kier alpha value is -2.13. The third kappa shape index (κ3) is 7.32. The zero-order valence-corrected chi connectivity index (χ0v) is 17.4. The second kappa shape index (κ2) is 12.4. The van der Waals surface area contributed by atoms with E-state index in [-0.39, 0.29) is 12.3 Å². The van der Waals surface area contributed by atoms with Crippen molar-refractivity contribution in [3.63, 3.8) is 0 Å². The summed E-state index contributed by atoms with van der Waals surface area (Å²) < 4.78 is 41.0. The van der Waals surface area contributed by atoms with E-state index in [2.05, 4.69) is 20.5 Å². The standard InChI is InChI=1S/C20H32F2N4O3/c1-4-28-17-9-5-7-15(18(17)29-19(21)22)13-24-20(23-2)25-14-16-8-6-10-26(16)11-12-27-3/h5,7,9,16,19H,4,6,8,10-14H2,1-3H3,(H2,23,24,25). The average molecular weight is 414 g/mol. The maximum atomic E-state index is 12.9. The molecule has 29 heavy (non-hydrogen) atoms. The molecule has 1 unspecified atom stereocenters. The molecule has 0 spiro atoms. The Labute approximate surface area is 171 Å². The zero-order valence-electron chi connectivity index (χ0n) is 17.4. The Morgan fingerprint density at radius 1 is 1.34 bits per heavy atom. The van der Waals surface area contributed by atoms with Gasteiger partial charge in [0.15, 0.2) is 17.5 Å². The van der Waals surface area contributed by atoms with Gasteiger partial charge >= 0.3 is 6.61 Å². The van der Waals surface area contributed by atoms with Crippen LogP contribution in [0.5, 0.6) is 11.5 Å². The molecule has 1 heterocycles. The topological polar surface area (TPSA) is 67.4 Å². The summed E-state index contributed by atoms with van der Waals surface area (Å²) in [5.41, 5.74) is 0.571. The molecule has 0 saturated carbocycles. The summed E-state index contributed by atoms with van der Waals surface area (Å²) in [5, 5.41) is 6.49. The fourth-order valence-electron chi connectivity index (χ4n) is 3.44. The van der Waals surface area contributed by atoms with Crippen molar-refractivity contribution in [3.05, 3.63) is 23.8 Å². The average Bonchev–Trinajstić information content (AvgIpc) is 3.15. The van der Waals surface area contributed by atoms with E-state index in [0.717, 1.165) is 26.1 Å². The molecule has 9 heteroatoms. The monoisotopic (exact) mass is 414 g/mol.